The molecule has 0 aliphatic rings. The number of hydrogen-bond donors (Lipinski definition) is 0. The Kier molecular flexibility index (Phi) is 4.11. The first-order valence-corrected chi connectivity index (χ1v) is 9.05. The molecule has 0 saturated heterocycles. The van der Waals surface area contributed by atoms with Crippen LogP contribution >= 0.6 is 10.5 Å². The highest BCUT2D eigenvalue weighted by molar-refractivity contribution is 7.50. The molecule has 1 unspecified atom stereocenters. The Balaban J connectivity index is 2.14. The monoisotopic (exact) mass is 391 g/mol. The van der Waals surface area contributed by atoms with Gasteiger partial charge in [-0.1, -0.05) is 12.1 Å². The van der Waals surface area contributed by atoms with E-state index >= 15 is 0 Å². The molecule has 4 rings (SSSR count). The molecule has 0 N–H and O–H groups in total. The number of hydrogen-bond acceptors (Lipinski definition) is 2. The van der Waals surface area contributed by atoms with Gasteiger partial charge in [0.05, 0.1) is 12.7 Å². The lowest BCUT2D eigenvalue weighted by Gasteiger charge is -2.01. The van der Waals surface area contributed by atoms with E-state index in [2.05, 4.69) is 0 Å². The Morgan fingerprint density at radius 3 is 2.30 bits per heavy atom. The molecule has 0 saturated carbocycles. The van der Waals surface area contributed by atoms with E-state index in [1.165, 1.54) is 13.2 Å². The van der Waals surface area contributed by atoms with Crippen molar-refractivity contribution >= 4 is 36.6 Å². The van der Waals surface area contributed by atoms with E-state index in [1.807, 2.05) is 0 Å². The summed E-state index contributed by atoms with van der Waals surface area (Å²) >= 11 is 0. The summed E-state index contributed by atoms with van der Waals surface area (Å²) in [6.07, 6.45) is 0. The number of thiophene rings is 1. The summed E-state index contributed by atoms with van der Waals surface area (Å²) in [7, 11) is 0.0793. The highest BCUT2D eigenvalue weighted by Gasteiger charge is 2.31. The van der Waals surface area contributed by atoms with Gasteiger partial charge in [-0.25, -0.2) is 18.0 Å². The lowest BCUT2D eigenvalue weighted by atomic mass is 10.1. The van der Waals surface area contributed by atoms with Crippen molar-refractivity contribution in [2.24, 2.45) is 0 Å². The van der Waals surface area contributed by atoms with Crippen molar-refractivity contribution in [3.8, 4) is 4.90 Å². The van der Waals surface area contributed by atoms with E-state index in [0.717, 1.165) is 0 Å². The molecular weight excluding hydrogens is 380 g/mol. The molecule has 1 heterocycles. The van der Waals surface area contributed by atoms with Crippen LogP contribution in [0.2, 0.25) is 0 Å². The maximum Gasteiger partial charge on any atom is 0.337 e. The first-order chi connectivity index (χ1) is 12.9. The fraction of sp³-hybridized carbons (Fsp3) is 0.0500. The van der Waals surface area contributed by atoms with Crippen molar-refractivity contribution < 1.29 is 27.1 Å². The molecule has 0 amide bonds. The molecule has 136 valence electrons. The second-order valence-corrected chi connectivity index (χ2v) is 7.74. The van der Waals surface area contributed by atoms with Crippen molar-refractivity contribution in [2.75, 3.05) is 7.11 Å². The van der Waals surface area contributed by atoms with E-state index in [-0.39, 0.29) is 4.90 Å². The van der Waals surface area contributed by atoms with Crippen LogP contribution in [0.15, 0.2) is 48.5 Å². The lowest BCUT2D eigenvalue weighted by molar-refractivity contribution is 0.0601. The summed E-state index contributed by atoms with van der Waals surface area (Å²) < 4.78 is 61.5. The average molecular weight is 391 g/mol. The van der Waals surface area contributed by atoms with Gasteiger partial charge >= 0.3 is 5.97 Å². The zero-order valence-corrected chi connectivity index (χ0v) is 14.7. The van der Waals surface area contributed by atoms with Crippen LogP contribution < -0.4 is 0 Å². The van der Waals surface area contributed by atoms with Crippen molar-refractivity contribution in [2.45, 2.75) is 0 Å². The minimum atomic E-state index is -1.84. The van der Waals surface area contributed by atoms with Gasteiger partial charge < -0.3 is 4.74 Å². The standard InChI is InChI=1S/C20H11F4O2S/c1-26-20(25)10-6-7-15-12(8-10)11-4-2-3-5-14(11)27(15)16-9-13(21)17(22)19(24)18(16)23/h2-9H,1H3/q+1. The topological polar surface area (TPSA) is 26.3 Å². The Morgan fingerprint density at radius 1 is 0.852 bits per heavy atom. The number of rotatable bonds is 2. The minimum Gasteiger partial charge on any atom is -0.465 e. The third kappa shape index (κ3) is 2.57. The number of ether oxygens (including phenoxy) is 1. The zero-order chi connectivity index (χ0) is 19.3. The summed E-state index contributed by atoms with van der Waals surface area (Å²) in [4.78, 5) is 11.6. The van der Waals surface area contributed by atoms with Gasteiger partial charge in [0.15, 0.2) is 21.0 Å². The number of benzene rings is 3. The van der Waals surface area contributed by atoms with Crippen molar-refractivity contribution in [3.05, 3.63) is 77.4 Å². The summed E-state index contributed by atoms with van der Waals surface area (Å²) in [5.74, 6) is -7.08. The van der Waals surface area contributed by atoms with E-state index in [1.54, 1.807) is 36.4 Å². The summed E-state index contributed by atoms with van der Waals surface area (Å²) in [6, 6.07) is 12.4. The molecular formula is C20H11F4O2S+. The van der Waals surface area contributed by atoms with Crippen LogP contribution in [0.4, 0.5) is 17.6 Å². The fourth-order valence-corrected chi connectivity index (χ4v) is 5.49. The van der Waals surface area contributed by atoms with Gasteiger partial charge in [0, 0.05) is 27.3 Å². The van der Waals surface area contributed by atoms with Gasteiger partial charge in [-0.15, -0.1) is 0 Å². The summed E-state index contributed by atoms with van der Waals surface area (Å²) in [5.41, 5.74) is 0.299. The highest BCUT2D eigenvalue weighted by Crippen LogP contribution is 2.50. The van der Waals surface area contributed by atoms with Gasteiger partial charge in [0.25, 0.3) is 0 Å². The maximum absolute atomic E-state index is 14.5. The zero-order valence-electron chi connectivity index (χ0n) is 13.9. The van der Waals surface area contributed by atoms with Crippen LogP contribution in [0.3, 0.4) is 0 Å². The molecule has 1 aromatic heterocycles. The molecule has 0 aliphatic heterocycles. The normalized spacial score (nSPS) is 12.0. The number of carbonyl (C=O) groups is 1. The SMILES string of the molecule is COC(=O)c1ccc2c(c1)c1ccccc1[s+]2-c1cc(F)c(F)c(F)c1F. The van der Waals surface area contributed by atoms with E-state index in [0.29, 0.717) is 31.8 Å². The number of esters is 1. The molecule has 7 heteroatoms. The predicted octanol–water partition coefficient (Wildman–Crippen LogP) is 6.07. The molecule has 3 aromatic carbocycles. The molecule has 0 aliphatic carbocycles. The van der Waals surface area contributed by atoms with Gasteiger partial charge in [-0.2, -0.15) is 4.39 Å². The third-order valence-electron chi connectivity index (χ3n) is 4.31. The van der Waals surface area contributed by atoms with Gasteiger partial charge in [0.1, 0.15) is 0 Å². The third-order valence-corrected chi connectivity index (χ3v) is 6.64. The van der Waals surface area contributed by atoms with Crippen LogP contribution in [0.1, 0.15) is 10.4 Å². The molecule has 0 bridgehead atoms. The van der Waals surface area contributed by atoms with Crippen LogP contribution in [-0.2, 0) is 4.74 Å². The minimum absolute atomic E-state index is 0.275. The number of methoxy groups -OCH3 is 1. The van der Waals surface area contributed by atoms with Gasteiger partial charge in [-0.05, 0) is 30.3 Å². The molecule has 27 heavy (non-hydrogen) atoms. The molecule has 1 atom stereocenters. The summed E-state index contributed by atoms with van der Waals surface area (Å²) in [6.45, 7) is 0. The van der Waals surface area contributed by atoms with Crippen molar-refractivity contribution in [1.29, 1.82) is 0 Å². The Bertz CT molecular complexity index is 1230. The number of fused-ring (bicyclic) bond motifs is 3. The molecule has 2 nitrogen and oxygen atoms in total. The van der Waals surface area contributed by atoms with E-state index in [4.69, 9.17) is 4.74 Å². The van der Waals surface area contributed by atoms with Crippen LogP contribution in [-0.4, -0.2) is 13.1 Å². The Labute approximate surface area is 153 Å². The van der Waals surface area contributed by atoms with E-state index < -0.39 is 39.7 Å². The largest absolute Gasteiger partial charge is 0.465 e. The van der Waals surface area contributed by atoms with E-state index in [9.17, 15) is 22.4 Å². The smallest absolute Gasteiger partial charge is 0.337 e. The second kappa shape index (κ2) is 6.35. The second-order valence-electron chi connectivity index (χ2n) is 5.80. The first kappa shape index (κ1) is 17.5. The molecule has 0 radical (unpaired) electrons. The quantitative estimate of drug-likeness (QED) is 0.136. The van der Waals surface area contributed by atoms with Crippen LogP contribution in [0, 0.1) is 23.3 Å². The van der Waals surface area contributed by atoms with Gasteiger partial charge in [0.2, 0.25) is 16.5 Å². The first-order valence-electron chi connectivity index (χ1n) is 7.83. The van der Waals surface area contributed by atoms with Crippen molar-refractivity contribution in [1.82, 2.24) is 0 Å². The highest BCUT2D eigenvalue weighted by atomic mass is 32.2. The molecule has 0 spiro atoms. The number of halogens is 4. The maximum atomic E-state index is 14.5. The van der Waals surface area contributed by atoms with Crippen molar-refractivity contribution in [3.63, 3.8) is 0 Å². The fourth-order valence-electron chi connectivity index (χ4n) is 3.09. The average Bonchev–Trinajstić information content (AvgIpc) is 3.02. The van der Waals surface area contributed by atoms with Gasteiger partial charge in [-0.3, -0.25) is 0 Å². The molecule has 4 aromatic rings. The lowest BCUT2D eigenvalue weighted by Crippen LogP contribution is -2.00. The number of carbonyl (C=O) groups excluding carboxylic acids is 1. The van der Waals surface area contributed by atoms with Crippen LogP contribution in [0.25, 0.3) is 25.1 Å². The summed E-state index contributed by atoms with van der Waals surface area (Å²) in [5, 5.41) is 1.35. The Morgan fingerprint density at radius 2 is 1.56 bits per heavy atom. The van der Waals surface area contributed by atoms with Crippen LogP contribution in [0.5, 0.6) is 0 Å². The predicted molar refractivity (Wildman–Crippen MR) is 96.4 cm³/mol. The Hall–Kier alpha value is -2.93. The molecule has 0 fully saturated rings.